The van der Waals surface area contributed by atoms with Crippen molar-refractivity contribution in [2.45, 2.75) is 65.8 Å². The first-order valence-corrected chi connectivity index (χ1v) is 11.1. The molecule has 0 saturated heterocycles. The minimum atomic E-state index is -0.434. The predicted molar refractivity (Wildman–Crippen MR) is 121 cm³/mol. The number of carbonyl (C=O) groups is 2. The number of benzene rings is 1. The molecule has 1 aromatic carbocycles. The Hall–Kier alpha value is -2.83. The van der Waals surface area contributed by atoms with Gasteiger partial charge in [-0.25, -0.2) is 4.98 Å². The SMILES string of the molecule is CCOC(=O)C(C)(C)CCCCCOc1ccc(NC(=O)CCCn2ccnc2)cc1. The van der Waals surface area contributed by atoms with Gasteiger partial charge in [-0.05, 0) is 64.3 Å². The van der Waals surface area contributed by atoms with Crippen LogP contribution in [0.5, 0.6) is 5.75 Å². The summed E-state index contributed by atoms with van der Waals surface area (Å²) in [6.45, 7) is 7.52. The van der Waals surface area contributed by atoms with E-state index in [1.54, 1.807) is 12.5 Å². The molecule has 0 atom stereocenters. The third-order valence-corrected chi connectivity index (χ3v) is 5.06. The maximum absolute atomic E-state index is 12.1. The van der Waals surface area contributed by atoms with Crippen molar-refractivity contribution in [1.29, 1.82) is 0 Å². The summed E-state index contributed by atoms with van der Waals surface area (Å²) in [7, 11) is 0. The average Bonchev–Trinajstić information content (AvgIpc) is 3.25. The number of nitrogens with one attached hydrogen (secondary N) is 1. The van der Waals surface area contributed by atoms with Crippen LogP contribution >= 0.6 is 0 Å². The molecule has 0 unspecified atom stereocenters. The van der Waals surface area contributed by atoms with Crippen LogP contribution in [0.2, 0.25) is 0 Å². The molecule has 0 aliphatic rings. The number of amides is 1. The number of nitrogens with zero attached hydrogens (tertiary/aromatic N) is 2. The van der Waals surface area contributed by atoms with E-state index in [1.165, 1.54) is 0 Å². The Morgan fingerprint density at radius 3 is 2.55 bits per heavy atom. The lowest BCUT2D eigenvalue weighted by Gasteiger charge is -2.21. The molecule has 1 N–H and O–H groups in total. The van der Waals surface area contributed by atoms with Gasteiger partial charge in [0.25, 0.3) is 0 Å². The number of anilines is 1. The molecule has 7 heteroatoms. The molecule has 1 heterocycles. The maximum Gasteiger partial charge on any atom is 0.311 e. The van der Waals surface area contributed by atoms with Gasteiger partial charge in [0, 0.05) is 31.0 Å². The highest BCUT2D eigenvalue weighted by Crippen LogP contribution is 2.25. The van der Waals surface area contributed by atoms with Crippen LogP contribution in [-0.4, -0.2) is 34.6 Å². The van der Waals surface area contributed by atoms with Crippen molar-refractivity contribution in [2.75, 3.05) is 18.5 Å². The third-order valence-electron chi connectivity index (χ3n) is 5.06. The fourth-order valence-electron chi connectivity index (χ4n) is 3.16. The van der Waals surface area contributed by atoms with Crippen molar-refractivity contribution >= 4 is 17.6 Å². The molecule has 1 aromatic heterocycles. The number of unbranched alkanes of at least 4 members (excludes halogenated alkanes) is 2. The van der Waals surface area contributed by atoms with E-state index >= 15 is 0 Å². The molecule has 0 aliphatic carbocycles. The topological polar surface area (TPSA) is 82.5 Å². The molecule has 7 nitrogen and oxygen atoms in total. The zero-order valence-electron chi connectivity index (χ0n) is 18.9. The normalized spacial score (nSPS) is 11.2. The van der Waals surface area contributed by atoms with Gasteiger partial charge in [0.05, 0.1) is 25.0 Å². The highest BCUT2D eigenvalue weighted by Gasteiger charge is 2.28. The molecule has 0 saturated carbocycles. The lowest BCUT2D eigenvalue weighted by atomic mass is 9.87. The second-order valence-corrected chi connectivity index (χ2v) is 8.24. The van der Waals surface area contributed by atoms with Crippen LogP contribution in [0.4, 0.5) is 5.69 Å². The standard InChI is InChI=1S/C24H35N3O4/c1-4-30-23(29)24(2,3)14-6-5-7-18-31-21-12-10-20(11-13-21)26-22(28)9-8-16-27-17-15-25-19-27/h10-13,15,17,19H,4-9,14,16,18H2,1-3H3,(H,26,28). The number of esters is 1. The summed E-state index contributed by atoms with van der Waals surface area (Å²) in [5.74, 6) is 0.654. The van der Waals surface area contributed by atoms with Crippen LogP contribution in [0.15, 0.2) is 43.0 Å². The van der Waals surface area contributed by atoms with E-state index in [4.69, 9.17) is 9.47 Å². The van der Waals surface area contributed by atoms with Crippen molar-refractivity contribution < 1.29 is 19.1 Å². The van der Waals surface area contributed by atoms with Crippen molar-refractivity contribution in [3.63, 3.8) is 0 Å². The van der Waals surface area contributed by atoms with Gasteiger partial charge in [-0.1, -0.05) is 12.8 Å². The van der Waals surface area contributed by atoms with Gasteiger partial charge in [-0.3, -0.25) is 9.59 Å². The number of aryl methyl sites for hydroxylation is 1. The highest BCUT2D eigenvalue weighted by atomic mass is 16.5. The molecule has 0 radical (unpaired) electrons. The Balaban J connectivity index is 1.58. The first kappa shape index (κ1) is 24.4. The number of hydrogen-bond acceptors (Lipinski definition) is 5. The maximum atomic E-state index is 12.1. The van der Waals surface area contributed by atoms with Gasteiger partial charge in [-0.15, -0.1) is 0 Å². The summed E-state index contributed by atoms with van der Waals surface area (Å²) in [4.78, 5) is 27.9. The second-order valence-electron chi connectivity index (χ2n) is 8.24. The number of hydrogen-bond donors (Lipinski definition) is 1. The molecule has 1 amide bonds. The fourth-order valence-corrected chi connectivity index (χ4v) is 3.16. The van der Waals surface area contributed by atoms with E-state index in [9.17, 15) is 9.59 Å². The Bertz CT molecular complexity index is 786. The van der Waals surface area contributed by atoms with Crippen LogP contribution < -0.4 is 10.1 Å². The largest absolute Gasteiger partial charge is 0.494 e. The Morgan fingerprint density at radius 2 is 1.87 bits per heavy atom. The van der Waals surface area contributed by atoms with Gasteiger partial charge in [-0.2, -0.15) is 0 Å². The predicted octanol–water partition coefficient (Wildman–Crippen LogP) is 4.83. The first-order chi connectivity index (χ1) is 14.9. The van der Waals surface area contributed by atoms with Gasteiger partial charge in [0.15, 0.2) is 0 Å². The molecule has 0 aliphatic heterocycles. The van der Waals surface area contributed by atoms with Crippen LogP contribution in [0.25, 0.3) is 0 Å². The zero-order chi connectivity index (χ0) is 22.5. The second kappa shape index (κ2) is 12.8. The smallest absolute Gasteiger partial charge is 0.311 e. The number of aromatic nitrogens is 2. The Kier molecular flexibility index (Phi) is 10.1. The van der Waals surface area contributed by atoms with Gasteiger partial charge >= 0.3 is 5.97 Å². The number of carbonyl (C=O) groups excluding carboxylic acids is 2. The van der Waals surface area contributed by atoms with Gasteiger partial charge < -0.3 is 19.4 Å². The molecule has 0 bridgehead atoms. The summed E-state index contributed by atoms with van der Waals surface area (Å²) in [5.41, 5.74) is 0.331. The third kappa shape index (κ3) is 9.24. The minimum Gasteiger partial charge on any atom is -0.494 e. The van der Waals surface area contributed by atoms with E-state index in [0.717, 1.165) is 50.1 Å². The highest BCUT2D eigenvalue weighted by molar-refractivity contribution is 5.90. The first-order valence-electron chi connectivity index (χ1n) is 11.1. The summed E-state index contributed by atoms with van der Waals surface area (Å²) in [5, 5.41) is 2.91. The summed E-state index contributed by atoms with van der Waals surface area (Å²) >= 11 is 0. The van der Waals surface area contributed by atoms with E-state index in [-0.39, 0.29) is 11.9 Å². The summed E-state index contributed by atoms with van der Waals surface area (Å²) in [6.07, 6.45) is 10.3. The molecule has 31 heavy (non-hydrogen) atoms. The number of imidazole rings is 1. The number of rotatable bonds is 14. The van der Waals surface area contributed by atoms with E-state index in [0.29, 0.717) is 19.6 Å². The lowest BCUT2D eigenvalue weighted by molar-refractivity contribution is -0.153. The van der Waals surface area contributed by atoms with Crippen LogP contribution in [0, 0.1) is 5.41 Å². The van der Waals surface area contributed by atoms with Crippen LogP contribution in [-0.2, 0) is 20.9 Å². The van der Waals surface area contributed by atoms with Crippen molar-refractivity contribution in [2.24, 2.45) is 5.41 Å². The van der Waals surface area contributed by atoms with Crippen LogP contribution in [0.3, 0.4) is 0 Å². The molecule has 170 valence electrons. The zero-order valence-corrected chi connectivity index (χ0v) is 18.9. The molecular weight excluding hydrogens is 394 g/mol. The monoisotopic (exact) mass is 429 g/mol. The molecule has 2 rings (SSSR count). The number of ether oxygens (including phenoxy) is 2. The summed E-state index contributed by atoms with van der Waals surface area (Å²) in [6, 6.07) is 7.44. The van der Waals surface area contributed by atoms with E-state index in [2.05, 4.69) is 10.3 Å². The van der Waals surface area contributed by atoms with Crippen molar-refractivity contribution in [3.8, 4) is 5.75 Å². The Labute approximate surface area is 185 Å². The Morgan fingerprint density at radius 1 is 1.10 bits per heavy atom. The molecular formula is C24H35N3O4. The minimum absolute atomic E-state index is 0.000439. The lowest BCUT2D eigenvalue weighted by Crippen LogP contribution is -2.26. The van der Waals surface area contributed by atoms with Crippen molar-refractivity contribution in [3.05, 3.63) is 43.0 Å². The fraction of sp³-hybridized carbons (Fsp3) is 0.542. The van der Waals surface area contributed by atoms with E-state index < -0.39 is 5.41 Å². The van der Waals surface area contributed by atoms with E-state index in [1.807, 2.05) is 55.8 Å². The van der Waals surface area contributed by atoms with Crippen LogP contribution in [0.1, 0.15) is 59.3 Å². The van der Waals surface area contributed by atoms with Gasteiger partial charge in [0.2, 0.25) is 5.91 Å². The molecule has 0 spiro atoms. The molecule has 2 aromatic rings. The van der Waals surface area contributed by atoms with Gasteiger partial charge in [0.1, 0.15) is 5.75 Å². The average molecular weight is 430 g/mol. The summed E-state index contributed by atoms with van der Waals surface area (Å²) < 4.78 is 12.9. The van der Waals surface area contributed by atoms with Crippen molar-refractivity contribution in [1.82, 2.24) is 9.55 Å². The molecule has 0 fully saturated rings. The quantitative estimate of drug-likeness (QED) is 0.343.